The van der Waals surface area contributed by atoms with E-state index in [1.807, 2.05) is 48.5 Å². The van der Waals surface area contributed by atoms with Crippen LogP contribution in [0.1, 0.15) is 11.3 Å². The zero-order chi connectivity index (χ0) is 18.1. The second-order valence-electron chi connectivity index (χ2n) is 5.92. The van der Waals surface area contributed by atoms with Gasteiger partial charge < -0.3 is 0 Å². The number of hydrogen-bond acceptors (Lipinski definition) is 4. The highest BCUT2D eigenvalue weighted by atomic mass is 35.5. The number of nitrogens with one attached hydrogen (secondary N) is 2. The standard InChI is InChI=1S/C20H15ClN4O/c1-12-10-18(26)24-20(23-12)25-22-11-17-13-6-2-4-8-15(13)19(21)16-9-5-3-7-14(16)17/h2-11H,1H3,(H2,23,24,25,26). The molecule has 0 bridgehead atoms. The van der Waals surface area contributed by atoms with E-state index in [4.69, 9.17) is 11.6 Å². The van der Waals surface area contributed by atoms with Gasteiger partial charge in [0.2, 0.25) is 5.95 Å². The number of rotatable bonds is 3. The van der Waals surface area contributed by atoms with Gasteiger partial charge in [0, 0.05) is 28.1 Å². The molecule has 0 saturated carbocycles. The number of H-pyrrole nitrogens is 1. The van der Waals surface area contributed by atoms with E-state index in [0.717, 1.165) is 32.1 Å². The highest BCUT2D eigenvalue weighted by Gasteiger charge is 2.10. The number of anilines is 1. The fourth-order valence-electron chi connectivity index (χ4n) is 3.04. The predicted molar refractivity (Wildman–Crippen MR) is 107 cm³/mol. The number of nitrogens with zero attached hydrogens (tertiary/aromatic N) is 2. The SMILES string of the molecule is Cc1cc(=O)[nH]c(NN=Cc2c3ccccc3c(Cl)c3ccccc23)n1. The second kappa shape index (κ2) is 6.61. The van der Waals surface area contributed by atoms with Crippen molar-refractivity contribution in [3.63, 3.8) is 0 Å². The summed E-state index contributed by atoms with van der Waals surface area (Å²) in [5.41, 5.74) is 4.13. The second-order valence-corrected chi connectivity index (χ2v) is 6.30. The Morgan fingerprint density at radius 1 is 1.04 bits per heavy atom. The molecular weight excluding hydrogens is 348 g/mol. The lowest BCUT2D eigenvalue weighted by molar-refractivity contribution is 1.04. The quantitative estimate of drug-likeness (QED) is 0.320. The van der Waals surface area contributed by atoms with Crippen LogP contribution >= 0.6 is 11.6 Å². The summed E-state index contributed by atoms with van der Waals surface area (Å²) in [7, 11) is 0. The molecule has 1 aromatic heterocycles. The summed E-state index contributed by atoms with van der Waals surface area (Å²) in [6.45, 7) is 1.75. The topological polar surface area (TPSA) is 70.1 Å². The van der Waals surface area contributed by atoms with Crippen molar-refractivity contribution in [2.45, 2.75) is 6.92 Å². The Balaban J connectivity index is 1.84. The average molecular weight is 363 g/mol. The van der Waals surface area contributed by atoms with Crippen LogP contribution in [0.25, 0.3) is 21.5 Å². The molecule has 5 nitrogen and oxygen atoms in total. The molecule has 26 heavy (non-hydrogen) atoms. The van der Waals surface area contributed by atoms with Crippen molar-refractivity contribution in [1.82, 2.24) is 9.97 Å². The molecular formula is C20H15ClN4O. The fourth-order valence-corrected chi connectivity index (χ4v) is 3.37. The first-order valence-corrected chi connectivity index (χ1v) is 8.47. The lowest BCUT2D eigenvalue weighted by atomic mass is 9.97. The van der Waals surface area contributed by atoms with E-state index in [1.54, 1.807) is 13.1 Å². The van der Waals surface area contributed by atoms with E-state index in [1.165, 1.54) is 6.07 Å². The average Bonchev–Trinajstić information content (AvgIpc) is 2.64. The van der Waals surface area contributed by atoms with Crippen LogP contribution in [0, 0.1) is 6.92 Å². The van der Waals surface area contributed by atoms with Crippen LogP contribution in [0.15, 0.2) is 64.5 Å². The van der Waals surface area contributed by atoms with Gasteiger partial charge in [-0.15, -0.1) is 0 Å². The maximum Gasteiger partial charge on any atom is 0.252 e. The Hall–Kier alpha value is -3.18. The Labute approximate surface area is 154 Å². The molecule has 0 radical (unpaired) electrons. The summed E-state index contributed by atoms with van der Waals surface area (Å²) in [6, 6.07) is 17.3. The van der Waals surface area contributed by atoms with Gasteiger partial charge in [-0.2, -0.15) is 5.10 Å². The number of aryl methyl sites for hydroxylation is 1. The van der Waals surface area contributed by atoms with Crippen molar-refractivity contribution in [1.29, 1.82) is 0 Å². The number of hydrogen-bond donors (Lipinski definition) is 2. The lowest BCUT2D eigenvalue weighted by Gasteiger charge is -2.10. The molecule has 128 valence electrons. The van der Waals surface area contributed by atoms with Crippen molar-refractivity contribution >= 4 is 45.3 Å². The maximum atomic E-state index is 11.5. The van der Waals surface area contributed by atoms with Gasteiger partial charge in [-0.25, -0.2) is 10.4 Å². The van der Waals surface area contributed by atoms with E-state index in [0.29, 0.717) is 11.6 Å². The zero-order valence-corrected chi connectivity index (χ0v) is 14.7. The number of aromatic amines is 1. The number of halogens is 1. The first kappa shape index (κ1) is 16.3. The zero-order valence-electron chi connectivity index (χ0n) is 14.0. The molecule has 6 heteroatoms. The van der Waals surface area contributed by atoms with Gasteiger partial charge in [0.05, 0.1) is 11.2 Å². The smallest absolute Gasteiger partial charge is 0.252 e. The van der Waals surface area contributed by atoms with Gasteiger partial charge >= 0.3 is 0 Å². The van der Waals surface area contributed by atoms with Gasteiger partial charge in [0.15, 0.2) is 0 Å². The molecule has 0 aliphatic rings. The highest BCUT2D eigenvalue weighted by Crippen LogP contribution is 2.35. The van der Waals surface area contributed by atoms with Crippen LogP contribution in [0.4, 0.5) is 5.95 Å². The summed E-state index contributed by atoms with van der Waals surface area (Å²) >= 11 is 6.60. The van der Waals surface area contributed by atoms with Gasteiger partial charge in [-0.1, -0.05) is 60.1 Å². The molecule has 0 atom stereocenters. The van der Waals surface area contributed by atoms with Crippen molar-refractivity contribution in [2.24, 2.45) is 5.10 Å². The monoisotopic (exact) mass is 362 g/mol. The molecule has 0 unspecified atom stereocenters. The molecule has 1 heterocycles. The van der Waals surface area contributed by atoms with Gasteiger partial charge in [0.1, 0.15) is 0 Å². The minimum atomic E-state index is -0.224. The molecule has 0 amide bonds. The van der Waals surface area contributed by atoms with Crippen LogP contribution in [0.5, 0.6) is 0 Å². The van der Waals surface area contributed by atoms with Crippen molar-refractivity contribution in [3.8, 4) is 0 Å². The van der Waals surface area contributed by atoms with Crippen molar-refractivity contribution < 1.29 is 0 Å². The van der Waals surface area contributed by atoms with E-state index in [9.17, 15) is 4.79 Å². The first-order chi connectivity index (χ1) is 12.6. The van der Waals surface area contributed by atoms with E-state index in [-0.39, 0.29) is 5.56 Å². The molecule has 0 aliphatic carbocycles. The maximum absolute atomic E-state index is 11.5. The van der Waals surface area contributed by atoms with Crippen molar-refractivity contribution in [2.75, 3.05) is 5.43 Å². The molecule has 0 fully saturated rings. The Morgan fingerprint density at radius 3 is 2.19 bits per heavy atom. The minimum Gasteiger partial charge on any atom is -0.291 e. The molecule has 0 saturated heterocycles. The predicted octanol–water partition coefficient (Wildman–Crippen LogP) is 4.48. The molecule has 0 spiro atoms. The van der Waals surface area contributed by atoms with Gasteiger partial charge in [0.25, 0.3) is 5.56 Å². The van der Waals surface area contributed by atoms with Gasteiger partial charge in [-0.3, -0.25) is 9.78 Å². The third-order valence-electron chi connectivity index (χ3n) is 4.14. The number of aromatic nitrogens is 2. The normalized spacial score (nSPS) is 11.5. The molecule has 2 N–H and O–H groups in total. The summed E-state index contributed by atoms with van der Waals surface area (Å²) in [4.78, 5) is 18.3. The van der Waals surface area contributed by atoms with E-state index in [2.05, 4.69) is 20.5 Å². The summed E-state index contributed by atoms with van der Waals surface area (Å²) < 4.78 is 0. The summed E-state index contributed by atoms with van der Waals surface area (Å²) in [5.74, 6) is 0.300. The van der Waals surface area contributed by atoms with Crippen LogP contribution < -0.4 is 11.0 Å². The third kappa shape index (κ3) is 2.93. The number of hydrazone groups is 1. The highest BCUT2D eigenvalue weighted by molar-refractivity contribution is 6.42. The largest absolute Gasteiger partial charge is 0.291 e. The Morgan fingerprint density at radius 2 is 1.62 bits per heavy atom. The molecule has 0 aliphatic heterocycles. The lowest BCUT2D eigenvalue weighted by Crippen LogP contribution is -2.10. The minimum absolute atomic E-state index is 0.224. The third-order valence-corrected chi connectivity index (χ3v) is 4.55. The fraction of sp³-hybridized carbons (Fsp3) is 0.0500. The number of benzene rings is 3. The van der Waals surface area contributed by atoms with Crippen LogP contribution in [0.2, 0.25) is 5.02 Å². The summed E-state index contributed by atoms with van der Waals surface area (Å²) in [6.07, 6.45) is 1.73. The molecule has 4 rings (SSSR count). The van der Waals surface area contributed by atoms with Gasteiger partial charge in [-0.05, 0) is 17.7 Å². The van der Waals surface area contributed by atoms with Crippen molar-refractivity contribution in [3.05, 3.63) is 81.2 Å². The van der Waals surface area contributed by atoms with Crippen LogP contribution in [-0.4, -0.2) is 16.2 Å². The molecule has 4 aromatic rings. The van der Waals surface area contributed by atoms with E-state index >= 15 is 0 Å². The van der Waals surface area contributed by atoms with Crippen LogP contribution in [-0.2, 0) is 0 Å². The number of fused-ring (bicyclic) bond motifs is 2. The Bertz CT molecular complexity index is 1160. The van der Waals surface area contributed by atoms with E-state index < -0.39 is 0 Å². The summed E-state index contributed by atoms with van der Waals surface area (Å²) in [5, 5.41) is 8.95. The molecule has 3 aromatic carbocycles. The Kier molecular flexibility index (Phi) is 4.14. The van der Waals surface area contributed by atoms with Crippen LogP contribution in [0.3, 0.4) is 0 Å². The first-order valence-electron chi connectivity index (χ1n) is 8.09.